The molecule has 0 unspecified atom stereocenters. The lowest BCUT2D eigenvalue weighted by atomic mass is 10.2. The molecule has 0 fully saturated rings. The summed E-state index contributed by atoms with van der Waals surface area (Å²) in [6, 6.07) is 9.63. The van der Waals surface area contributed by atoms with Crippen LogP contribution in [0, 0.1) is 6.92 Å². The monoisotopic (exact) mass is 417 g/mol. The van der Waals surface area contributed by atoms with E-state index in [-0.39, 0.29) is 5.91 Å². The van der Waals surface area contributed by atoms with Gasteiger partial charge in [0.15, 0.2) is 0 Å². The van der Waals surface area contributed by atoms with Gasteiger partial charge in [-0.2, -0.15) is 0 Å². The third kappa shape index (κ3) is 4.33. The predicted octanol–water partition coefficient (Wildman–Crippen LogP) is 4.39. The number of rotatable bonds is 5. The van der Waals surface area contributed by atoms with Crippen LogP contribution in [0.5, 0.6) is 5.75 Å². The van der Waals surface area contributed by atoms with Crippen LogP contribution >= 0.6 is 43.2 Å². The van der Waals surface area contributed by atoms with Crippen molar-refractivity contribution in [2.45, 2.75) is 6.92 Å². The lowest BCUT2D eigenvalue weighted by Gasteiger charge is -2.07. The number of carbonyl (C=O) groups excluding carboxylic acids is 1. The van der Waals surface area contributed by atoms with Crippen LogP contribution in [0.3, 0.4) is 0 Å². The van der Waals surface area contributed by atoms with E-state index in [0.29, 0.717) is 18.0 Å². The molecular weight excluding hydrogens is 406 g/mol. The molecule has 1 amide bonds. The predicted molar refractivity (Wildman–Crippen MR) is 88.7 cm³/mol. The highest BCUT2D eigenvalue weighted by Crippen LogP contribution is 2.32. The zero-order valence-corrected chi connectivity index (χ0v) is 14.8. The summed E-state index contributed by atoms with van der Waals surface area (Å²) in [5.41, 5.74) is 1.19. The Balaban J connectivity index is 1.75. The number of amides is 1. The molecule has 0 spiro atoms. The molecule has 6 heteroatoms. The van der Waals surface area contributed by atoms with Crippen molar-refractivity contribution in [3.63, 3.8) is 0 Å². The first-order valence-electron chi connectivity index (χ1n) is 5.99. The Bertz CT molecular complexity index is 576. The van der Waals surface area contributed by atoms with Crippen molar-refractivity contribution in [3.8, 4) is 5.75 Å². The van der Waals surface area contributed by atoms with E-state index >= 15 is 0 Å². The number of halogens is 2. The van der Waals surface area contributed by atoms with Crippen LogP contribution in [0.1, 0.15) is 15.2 Å². The Morgan fingerprint density at radius 3 is 2.60 bits per heavy atom. The molecule has 1 N–H and O–H groups in total. The molecule has 2 aromatic rings. The highest BCUT2D eigenvalue weighted by molar-refractivity contribution is 9.13. The van der Waals surface area contributed by atoms with Crippen molar-refractivity contribution in [3.05, 3.63) is 49.0 Å². The van der Waals surface area contributed by atoms with E-state index < -0.39 is 0 Å². The molecule has 1 aromatic heterocycles. The van der Waals surface area contributed by atoms with Crippen LogP contribution < -0.4 is 10.1 Å². The number of aryl methyl sites for hydroxylation is 1. The minimum absolute atomic E-state index is 0.0890. The van der Waals surface area contributed by atoms with E-state index in [2.05, 4.69) is 37.2 Å². The van der Waals surface area contributed by atoms with Crippen LogP contribution in [0.4, 0.5) is 0 Å². The summed E-state index contributed by atoms with van der Waals surface area (Å²) >= 11 is 8.13. The van der Waals surface area contributed by atoms with Crippen molar-refractivity contribution >= 4 is 49.1 Å². The first-order valence-corrected chi connectivity index (χ1v) is 8.39. The molecule has 0 saturated carbocycles. The summed E-state index contributed by atoms with van der Waals surface area (Å²) in [6.07, 6.45) is 0. The van der Waals surface area contributed by atoms with E-state index in [1.807, 2.05) is 31.2 Å². The molecule has 0 aliphatic carbocycles. The van der Waals surface area contributed by atoms with Crippen LogP contribution in [0.25, 0.3) is 0 Å². The zero-order valence-electron chi connectivity index (χ0n) is 10.8. The van der Waals surface area contributed by atoms with Gasteiger partial charge < -0.3 is 10.1 Å². The topological polar surface area (TPSA) is 38.3 Å². The molecule has 0 atom stereocenters. The first kappa shape index (κ1) is 15.5. The summed E-state index contributed by atoms with van der Waals surface area (Å²) in [4.78, 5) is 12.5. The van der Waals surface area contributed by atoms with Gasteiger partial charge in [-0.15, -0.1) is 11.3 Å². The SMILES string of the molecule is Cc1ccc(OCCNC(=O)c2cc(Br)c(Br)s2)cc1. The Morgan fingerprint density at radius 1 is 1.30 bits per heavy atom. The van der Waals surface area contributed by atoms with Crippen molar-refractivity contribution in [2.24, 2.45) is 0 Å². The Hall–Kier alpha value is -0.850. The van der Waals surface area contributed by atoms with E-state index in [1.54, 1.807) is 6.07 Å². The number of nitrogens with one attached hydrogen (secondary N) is 1. The van der Waals surface area contributed by atoms with Crippen molar-refractivity contribution in [1.82, 2.24) is 5.32 Å². The van der Waals surface area contributed by atoms with Gasteiger partial charge in [0.25, 0.3) is 5.91 Å². The number of hydrogen-bond donors (Lipinski definition) is 1. The van der Waals surface area contributed by atoms with E-state index in [9.17, 15) is 4.79 Å². The molecule has 0 radical (unpaired) electrons. The summed E-state index contributed by atoms with van der Waals surface area (Å²) in [5.74, 6) is 0.723. The average molecular weight is 419 g/mol. The fraction of sp³-hybridized carbons (Fsp3) is 0.214. The molecular formula is C14H13Br2NO2S. The van der Waals surface area contributed by atoms with Gasteiger partial charge in [-0.3, -0.25) is 4.79 Å². The maximum Gasteiger partial charge on any atom is 0.261 e. The van der Waals surface area contributed by atoms with Gasteiger partial charge in [-0.1, -0.05) is 17.7 Å². The minimum atomic E-state index is -0.0890. The van der Waals surface area contributed by atoms with E-state index in [0.717, 1.165) is 14.0 Å². The van der Waals surface area contributed by atoms with E-state index in [4.69, 9.17) is 4.74 Å². The molecule has 20 heavy (non-hydrogen) atoms. The second-order valence-electron chi connectivity index (χ2n) is 4.15. The highest BCUT2D eigenvalue weighted by atomic mass is 79.9. The number of benzene rings is 1. The fourth-order valence-corrected chi connectivity index (χ4v) is 3.47. The fourth-order valence-electron chi connectivity index (χ4n) is 1.51. The van der Waals surface area contributed by atoms with Crippen molar-refractivity contribution < 1.29 is 9.53 Å². The summed E-state index contributed by atoms with van der Waals surface area (Å²) in [7, 11) is 0. The van der Waals surface area contributed by atoms with Gasteiger partial charge in [-0.25, -0.2) is 0 Å². The summed E-state index contributed by atoms with van der Waals surface area (Å²) in [6.45, 7) is 2.95. The third-order valence-electron chi connectivity index (χ3n) is 2.55. The molecule has 2 rings (SSSR count). The quantitative estimate of drug-likeness (QED) is 0.731. The molecule has 3 nitrogen and oxygen atoms in total. The molecule has 0 aliphatic heterocycles. The number of thiophene rings is 1. The van der Waals surface area contributed by atoms with Gasteiger partial charge in [-0.05, 0) is 57.0 Å². The van der Waals surface area contributed by atoms with Gasteiger partial charge in [0.2, 0.25) is 0 Å². The number of hydrogen-bond acceptors (Lipinski definition) is 3. The Morgan fingerprint density at radius 2 is 2.00 bits per heavy atom. The Kier molecular flexibility index (Phi) is 5.63. The zero-order chi connectivity index (χ0) is 14.5. The van der Waals surface area contributed by atoms with E-state index in [1.165, 1.54) is 16.9 Å². The van der Waals surface area contributed by atoms with Crippen molar-refractivity contribution in [1.29, 1.82) is 0 Å². The molecule has 106 valence electrons. The van der Waals surface area contributed by atoms with Gasteiger partial charge in [0.05, 0.1) is 15.2 Å². The van der Waals surface area contributed by atoms with Gasteiger partial charge in [0.1, 0.15) is 12.4 Å². The maximum atomic E-state index is 11.9. The smallest absolute Gasteiger partial charge is 0.261 e. The summed E-state index contributed by atoms with van der Waals surface area (Å²) < 4.78 is 7.35. The molecule has 0 aliphatic rings. The van der Waals surface area contributed by atoms with Crippen LogP contribution in [-0.4, -0.2) is 19.1 Å². The van der Waals surface area contributed by atoms with Crippen molar-refractivity contribution in [2.75, 3.05) is 13.2 Å². The van der Waals surface area contributed by atoms with Crippen LogP contribution in [0.2, 0.25) is 0 Å². The minimum Gasteiger partial charge on any atom is -0.492 e. The highest BCUT2D eigenvalue weighted by Gasteiger charge is 2.11. The molecule has 1 aromatic carbocycles. The molecule has 0 saturated heterocycles. The number of ether oxygens (including phenoxy) is 1. The third-order valence-corrected chi connectivity index (χ3v) is 5.80. The largest absolute Gasteiger partial charge is 0.492 e. The lowest BCUT2D eigenvalue weighted by molar-refractivity contribution is 0.0951. The number of carbonyl (C=O) groups is 1. The van der Waals surface area contributed by atoms with Crippen LogP contribution in [0.15, 0.2) is 38.6 Å². The van der Waals surface area contributed by atoms with Gasteiger partial charge >= 0.3 is 0 Å². The first-order chi connectivity index (χ1) is 9.56. The Labute approximate surface area is 138 Å². The maximum absolute atomic E-state index is 11.9. The average Bonchev–Trinajstić information content (AvgIpc) is 2.77. The lowest BCUT2D eigenvalue weighted by Crippen LogP contribution is -2.27. The second kappa shape index (κ2) is 7.24. The normalized spacial score (nSPS) is 10.3. The van der Waals surface area contributed by atoms with Crippen LogP contribution in [-0.2, 0) is 0 Å². The second-order valence-corrected chi connectivity index (χ2v) is 7.37. The molecule has 1 heterocycles. The standard InChI is InChI=1S/C14H13Br2NO2S/c1-9-2-4-10(5-3-9)19-7-6-17-14(18)12-8-11(15)13(16)20-12/h2-5,8H,6-7H2,1H3,(H,17,18). The summed E-state index contributed by atoms with van der Waals surface area (Å²) in [5, 5.41) is 2.83. The van der Waals surface area contributed by atoms with Gasteiger partial charge in [0, 0.05) is 4.47 Å². The molecule has 0 bridgehead atoms.